The lowest BCUT2D eigenvalue weighted by atomic mass is 10.0. The second kappa shape index (κ2) is 7.15. The first-order valence-corrected chi connectivity index (χ1v) is 7.67. The van der Waals surface area contributed by atoms with Crippen LogP contribution in [0.3, 0.4) is 0 Å². The molecule has 0 aliphatic carbocycles. The van der Waals surface area contributed by atoms with Gasteiger partial charge in [-0.1, -0.05) is 0 Å². The number of nitrogens with two attached hydrogens (primary N) is 2. The van der Waals surface area contributed by atoms with E-state index in [0.717, 1.165) is 0 Å². The molecule has 0 bridgehead atoms. The van der Waals surface area contributed by atoms with Crippen LogP contribution in [0.15, 0.2) is 36.7 Å². The molecule has 1 aromatic carbocycles. The summed E-state index contributed by atoms with van der Waals surface area (Å²) in [5.41, 5.74) is 12.2. The van der Waals surface area contributed by atoms with Crippen molar-refractivity contribution in [3.63, 3.8) is 0 Å². The van der Waals surface area contributed by atoms with Crippen molar-refractivity contribution in [3.8, 4) is 11.1 Å². The van der Waals surface area contributed by atoms with E-state index in [1.165, 1.54) is 12.3 Å². The predicted octanol–water partition coefficient (Wildman–Crippen LogP) is 1.09. The number of fused-ring (bicyclic) bond motifs is 1. The molecule has 1 amide bonds. The van der Waals surface area contributed by atoms with Crippen molar-refractivity contribution in [2.45, 2.75) is 6.54 Å². The van der Waals surface area contributed by atoms with E-state index in [1.807, 2.05) is 0 Å². The number of hydrogen-bond acceptors (Lipinski definition) is 7. The average Bonchev–Trinajstić information content (AvgIpc) is 2.99. The Labute approximate surface area is 147 Å². The number of carbonyl (C=O) groups excluding carboxylic acids is 1. The van der Waals surface area contributed by atoms with E-state index in [9.17, 15) is 14.9 Å². The number of nitro benzene ring substituents is 1. The summed E-state index contributed by atoms with van der Waals surface area (Å²) >= 11 is 0. The fourth-order valence-corrected chi connectivity index (χ4v) is 2.55. The zero-order chi connectivity index (χ0) is 18.7. The van der Waals surface area contributed by atoms with E-state index in [-0.39, 0.29) is 24.7 Å². The van der Waals surface area contributed by atoms with Gasteiger partial charge in [0, 0.05) is 23.8 Å². The molecular formula is C16H16N6O4. The van der Waals surface area contributed by atoms with E-state index in [0.29, 0.717) is 28.6 Å². The fourth-order valence-electron chi connectivity index (χ4n) is 2.55. The normalized spacial score (nSPS) is 10.9. The number of ether oxygens (including phenoxy) is 1. The summed E-state index contributed by atoms with van der Waals surface area (Å²) in [7, 11) is 0. The van der Waals surface area contributed by atoms with Gasteiger partial charge in [-0.25, -0.2) is 4.98 Å². The van der Waals surface area contributed by atoms with E-state index in [1.54, 1.807) is 29.1 Å². The lowest BCUT2D eigenvalue weighted by Crippen LogP contribution is -2.19. The molecule has 0 radical (unpaired) electrons. The number of nitrogen functional groups attached to an aromatic ring is 1. The lowest BCUT2D eigenvalue weighted by Gasteiger charge is -2.04. The number of amides is 1. The largest absolute Gasteiger partial charge is 0.384 e. The van der Waals surface area contributed by atoms with Crippen LogP contribution in [-0.4, -0.2) is 38.8 Å². The summed E-state index contributed by atoms with van der Waals surface area (Å²) in [4.78, 5) is 25.6. The van der Waals surface area contributed by atoms with Gasteiger partial charge in [0.05, 0.1) is 29.2 Å². The van der Waals surface area contributed by atoms with Crippen molar-refractivity contribution in [2.24, 2.45) is 5.73 Å². The van der Waals surface area contributed by atoms with Crippen molar-refractivity contribution in [1.82, 2.24) is 14.8 Å². The van der Waals surface area contributed by atoms with Crippen LogP contribution in [0.2, 0.25) is 0 Å². The Kier molecular flexibility index (Phi) is 4.76. The first-order chi connectivity index (χ1) is 12.4. The number of aromatic nitrogens is 3. The van der Waals surface area contributed by atoms with Crippen LogP contribution in [0.5, 0.6) is 0 Å². The van der Waals surface area contributed by atoms with Gasteiger partial charge in [0.15, 0.2) is 0 Å². The number of nitro groups is 1. The van der Waals surface area contributed by atoms with Crippen molar-refractivity contribution in [3.05, 3.63) is 46.8 Å². The van der Waals surface area contributed by atoms with E-state index in [4.69, 9.17) is 16.2 Å². The van der Waals surface area contributed by atoms with E-state index in [2.05, 4.69) is 10.1 Å². The monoisotopic (exact) mass is 356 g/mol. The second-order valence-corrected chi connectivity index (χ2v) is 5.57. The van der Waals surface area contributed by atoms with Crippen LogP contribution >= 0.6 is 0 Å². The summed E-state index contributed by atoms with van der Waals surface area (Å²) in [6.45, 7) is 0.458. The van der Waals surface area contributed by atoms with Gasteiger partial charge in [-0.2, -0.15) is 5.10 Å². The molecule has 0 unspecified atom stereocenters. The van der Waals surface area contributed by atoms with Gasteiger partial charge in [-0.3, -0.25) is 19.6 Å². The Balaban J connectivity index is 1.94. The minimum Gasteiger partial charge on any atom is -0.384 e. The van der Waals surface area contributed by atoms with Gasteiger partial charge >= 0.3 is 0 Å². The Bertz CT molecular complexity index is 984. The standard InChI is InChI=1S/C16H16N6O4/c17-15-6-10(1-2-19-15)12-7-13-11(5-14(12)22(24)25)8-21(20-13)3-4-26-9-16(18)23/h1-2,5-8H,3-4,9H2,(H2,17,19)(H2,18,23). The van der Waals surface area contributed by atoms with Crippen LogP contribution in [0.1, 0.15) is 0 Å². The number of hydrogen-bond donors (Lipinski definition) is 2. The summed E-state index contributed by atoms with van der Waals surface area (Å²) < 4.78 is 6.70. The third-order valence-electron chi connectivity index (χ3n) is 3.67. The van der Waals surface area contributed by atoms with Crippen molar-refractivity contribution < 1.29 is 14.5 Å². The minimum atomic E-state index is -0.549. The molecule has 0 spiro atoms. The number of benzene rings is 1. The summed E-state index contributed by atoms with van der Waals surface area (Å²) in [5, 5.41) is 16.5. The topological polar surface area (TPSA) is 152 Å². The first kappa shape index (κ1) is 17.3. The van der Waals surface area contributed by atoms with Gasteiger partial charge in [0.2, 0.25) is 5.91 Å². The quantitative estimate of drug-likeness (QED) is 0.365. The van der Waals surface area contributed by atoms with Crippen LogP contribution in [0.25, 0.3) is 22.0 Å². The zero-order valence-corrected chi connectivity index (χ0v) is 13.7. The van der Waals surface area contributed by atoms with Crippen molar-refractivity contribution in [1.29, 1.82) is 0 Å². The van der Waals surface area contributed by atoms with E-state index < -0.39 is 10.8 Å². The number of rotatable bonds is 7. The molecule has 0 saturated heterocycles. The van der Waals surface area contributed by atoms with Crippen LogP contribution < -0.4 is 11.5 Å². The maximum Gasteiger partial charge on any atom is 0.278 e. The Hall–Kier alpha value is -3.53. The Morgan fingerprint density at radius 1 is 1.35 bits per heavy atom. The Morgan fingerprint density at radius 3 is 2.85 bits per heavy atom. The molecule has 2 aromatic heterocycles. The molecule has 0 aliphatic heterocycles. The molecule has 2 heterocycles. The molecule has 0 saturated carbocycles. The molecule has 3 aromatic rings. The van der Waals surface area contributed by atoms with Gasteiger partial charge in [0.1, 0.15) is 12.4 Å². The third kappa shape index (κ3) is 3.75. The van der Waals surface area contributed by atoms with Crippen LogP contribution in [0.4, 0.5) is 11.5 Å². The number of anilines is 1. The zero-order valence-electron chi connectivity index (χ0n) is 13.7. The third-order valence-corrected chi connectivity index (χ3v) is 3.67. The summed E-state index contributed by atoms with van der Waals surface area (Å²) in [6, 6.07) is 6.33. The maximum atomic E-state index is 11.5. The number of primary amides is 1. The second-order valence-electron chi connectivity index (χ2n) is 5.57. The molecule has 0 atom stereocenters. The smallest absolute Gasteiger partial charge is 0.278 e. The lowest BCUT2D eigenvalue weighted by molar-refractivity contribution is -0.384. The highest BCUT2D eigenvalue weighted by Gasteiger charge is 2.18. The van der Waals surface area contributed by atoms with Gasteiger partial charge in [0.25, 0.3) is 5.69 Å². The Morgan fingerprint density at radius 2 is 2.15 bits per heavy atom. The minimum absolute atomic E-state index is 0.0485. The fraction of sp³-hybridized carbons (Fsp3) is 0.188. The molecule has 26 heavy (non-hydrogen) atoms. The molecular weight excluding hydrogens is 340 g/mol. The molecule has 4 N–H and O–H groups in total. The first-order valence-electron chi connectivity index (χ1n) is 7.67. The van der Waals surface area contributed by atoms with Crippen LogP contribution in [-0.2, 0) is 16.1 Å². The average molecular weight is 356 g/mol. The molecule has 0 fully saturated rings. The van der Waals surface area contributed by atoms with Gasteiger partial charge in [-0.05, 0) is 23.8 Å². The number of nitrogens with zero attached hydrogens (tertiary/aromatic N) is 4. The van der Waals surface area contributed by atoms with E-state index >= 15 is 0 Å². The van der Waals surface area contributed by atoms with Crippen molar-refractivity contribution in [2.75, 3.05) is 18.9 Å². The number of carbonyl (C=O) groups is 1. The van der Waals surface area contributed by atoms with Crippen molar-refractivity contribution >= 4 is 28.3 Å². The molecule has 10 heteroatoms. The highest BCUT2D eigenvalue weighted by atomic mass is 16.6. The molecule has 10 nitrogen and oxygen atoms in total. The molecule has 3 rings (SSSR count). The summed E-state index contributed by atoms with van der Waals surface area (Å²) in [5.74, 6) is -0.276. The van der Waals surface area contributed by atoms with Gasteiger partial charge < -0.3 is 16.2 Å². The maximum absolute atomic E-state index is 11.5. The molecule has 0 aliphatic rings. The highest BCUT2D eigenvalue weighted by Crippen LogP contribution is 2.34. The SMILES string of the molecule is NC(=O)COCCn1cc2cc([N+](=O)[O-])c(-c3ccnc(N)c3)cc2n1. The van der Waals surface area contributed by atoms with Gasteiger partial charge in [-0.15, -0.1) is 0 Å². The highest BCUT2D eigenvalue weighted by molar-refractivity contribution is 5.90. The number of pyridine rings is 1. The predicted molar refractivity (Wildman–Crippen MR) is 94.0 cm³/mol. The molecule has 134 valence electrons. The summed E-state index contributed by atoms with van der Waals surface area (Å²) in [6.07, 6.45) is 3.17. The van der Waals surface area contributed by atoms with Crippen LogP contribution in [0, 0.1) is 10.1 Å².